The lowest BCUT2D eigenvalue weighted by atomic mass is 10.5. The molecule has 0 saturated heterocycles. The van der Waals surface area contributed by atoms with Crippen LogP contribution in [0, 0.1) is 0 Å². The molecule has 0 aliphatic carbocycles. The van der Waals surface area contributed by atoms with Crippen LogP contribution in [0.25, 0.3) is 0 Å². The lowest BCUT2D eigenvalue weighted by Crippen LogP contribution is -2.58. The molecule has 5 N–H and O–H groups in total. The van der Waals surface area contributed by atoms with Gasteiger partial charge in [-0.15, -0.1) is 0 Å². The molecule has 27 heavy (non-hydrogen) atoms. The normalized spacial score (nSPS) is 14.0. The second kappa shape index (κ2) is 15.4. The predicted octanol–water partition coefficient (Wildman–Crippen LogP) is 3.68. The first kappa shape index (κ1) is 38.2. The van der Waals surface area contributed by atoms with Crippen molar-refractivity contribution in [1.82, 2.24) is 5.32 Å². The molecule has 0 bridgehead atoms. The molecule has 0 radical (unpaired) electrons. The molecule has 0 rings (SSSR count). The summed E-state index contributed by atoms with van der Waals surface area (Å²) in [5.74, 6) is 0. The van der Waals surface area contributed by atoms with Crippen molar-refractivity contribution in [2.24, 2.45) is 5.73 Å². The van der Waals surface area contributed by atoms with Crippen LogP contribution in [0.3, 0.4) is 0 Å². The molecule has 0 aliphatic rings. The summed E-state index contributed by atoms with van der Waals surface area (Å²) in [6.07, 6.45) is 0.887. The minimum atomic E-state index is -2.71. The topological polar surface area (TPSA) is 106 Å². The van der Waals surface area contributed by atoms with Crippen LogP contribution in [0.2, 0.25) is 51.9 Å². The second-order valence-electron chi connectivity index (χ2n) is 7.38. The zero-order chi connectivity index (χ0) is 18.4. The van der Waals surface area contributed by atoms with Gasteiger partial charge in [0.05, 0.1) is 0 Å². The molecule has 7 nitrogen and oxygen atoms in total. The van der Waals surface area contributed by atoms with E-state index in [0.29, 0.717) is 6.54 Å². The number of hydrogen-bond donors (Lipinski definition) is 4. The maximum absolute atomic E-state index is 10.2. The zero-order valence-electron chi connectivity index (χ0n) is 15.7. The maximum atomic E-state index is 10.2. The molecule has 0 aliphatic heterocycles. The quantitative estimate of drug-likeness (QED) is 0.258. The van der Waals surface area contributed by atoms with Gasteiger partial charge in [0.1, 0.15) is 0 Å². The summed E-state index contributed by atoms with van der Waals surface area (Å²) >= 11 is 0. The fraction of sp³-hybridized carbons (Fsp3) is 1.00. The Morgan fingerprint density at radius 3 is 1.56 bits per heavy atom. The summed E-state index contributed by atoms with van der Waals surface area (Å²) in [5, 5.41) is 3.25. The van der Waals surface area contributed by atoms with Gasteiger partial charge in [-0.25, -0.2) is 0 Å². The van der Waals surface area contributed by atoms with Crippen molar-refractivity contribution >= 4 is 34.2 Å². The van der Waals surface area contributed by atoms with Gasteiger partial charge in [-0.05, 0) is 64.8 Å². The molecule has 0 aromatic carbocycles. The fourth-order valence-corrected chi connectivity index (χ4v) is 18.5. The van der Waals surface area contributed by atoms with Gasteiger partial charge in [-0.2, -0.15) is 0 Å². The van der Waals surface area contributed by atoms with E-state index < -0.39 is 34.2 Å². The Balaban J connectivity index is -0.000000403. The van der Waals surface area contributed by atoms with Gasteiger partial charge in [0.25, 0.3) is 0 Å². The summed E-state index contributed by atoms with van der Waals surface area (Å²) in [7, 11) is -10.5. The predicted molar refractivity (Wildman–Crippen MR) is 130 cm³/mol. The standard InChI is InChI=1S/C12H36N2O5Si4.4CH4/c1-20(2,15)17-22(5,6)19-23(7,18-21(3,4)16)12-8-10-14-11-9-13;;;;/h14-16H,8-13H2,1-7H3;4*1H4. The van der Waals surface area contributed by atoms with E-state index in [-0.39, 0.29) is 29.7 Å². The third kappa shape index (κ3) is 22.7. The summed E-state index contributed by atoms with van der Waals surface area (Å²) < 4.78 is 18.2. The number of nitrogens with one attached hydrogen (secondary N) is 1. The second-order valence-corrected chi connectivity index (χ2v) is 21.2. The van der Waals surface area contributed by atoms with Gasteiger partial charge in [-0.3, -0.25) is 0 Å². The van der Waals surface area contributed by atoms with E-state index in [1.54, 1.807) is 26.2 Å². The first-order valence-corrected chi connectivity index (χ1v) is 19.2. The smallest absolute Gasteiger partial charge is 0.320 e. The molecular formula is C16H52N2O5Si4. The number of hydrogen-bond acceptors (Lipinski definition) is 7. The number of nitrogens with two attached hydrogens (primary N) is 1. The summed E-state index contributed by atoms with van der Waals surface area (Å²) in [6.45, 7) is 15.0. The Kier molecular flexibility index (Phi) is 21.8. The molecule has 1 atom stereocenters. The lowest BCUT2D eigenvalue weighted by Gasteiger charge is -2.40. The molecule has 1 unspecified atom stereocenters. The van der Waals surface area contributed by atoms with Crippen LogP contribution in [0.4, 0.5) is 0 Å². The Bertz CT molecular complexity index is 353. The molecular weight excluding hydrogens is 413 g/mol. The molecule has 11 heteroatoms. The van der Waals surface area contributed by atoms with Gasteiger partial charge in [0.15, 0.2) is 0 Å². The third-order valence-corrected chi connectivity index (χ3v) is 15.4. The van der Waals surface area contributed by atoms with E-state index in [1.807, 2.05) is 19.6 Å². The molecule has 0 aromatic rings. The van der Waals surface area contributed by atoms with Crippen LogP contribution in [-0.4, -0.2) is 63.5 Å². The Morgan fingerprint density at radius 2 is 1.19 bits per heavy atom. The van der Waals surface area contributed by atoms with Crippen molar-refractivity contribution in [1.29, 1.82) is 0 Å². The van der Waals surface area contributed by atoms with Gasteiger partial charge in [0, 0.05) is 13.1 Å². The average molecular weight is 465 g/mol. The van der Waals surface area contributed by atoms with Crippen molar-refractivity contribution in [3.05, 3.63) is 0 Å². The van der Waals surface area contributed by atoms with Crippen LogP contribution in [0.5, 0.6) is 0 Å². The Labute approximate surface area is 175 Å². The summed E-state index contributed by atoms with van der Waals surface area (Å²) in [4.78, 5) is 20.2. The van der Waals surface area contributed by atoms with Crippen LogP contribution in [0.1, 0.15) is 36.1 Å². The molecule has 172 valence electrons. The highest BCUT2D eigenvalue weighted by molar-refractivity contribution is 6.87. The van der Waals surface area contributed by atoms with E-state index in [0.717, 1.165) is 25.6 Å². The molecule has 0 amide bonds. The van der Waals surface area contributed by atoms with E-state index in [4.69, 9.17) is 18.1 Å². The van der Waals surface area contributed by atoms with Gasteiger partial charge in [-0.1, -0.05) is 29.7 Å². The molecule has 0 heterocycles. The monoisotopic (exact) mass is 464 g/mol. The summed E-state index contributed by atoms with van der Waals surface area (Å²) in [5.41, 5.74) is 5.46. The highest BCUT2D eigenvalue weighted by Crippen LogP contribution is 2.26. The van der Waals surface area contributed by atoms with E-state index in [9.17, 15) is 9.59 Å². The van der Waals surface area contributed by atoms with E-state index in [1.165, 1.54) is 0 Å². The third-order valence-electron chi connectivity index (χ3n) is 2.73. The van der Waals surface area contributed by atoms with Gasteiger partial charge < -0.3 is 33.0 Å². The Morgan fingerprint density at radius 1 is 0.741 bits per heavy atom. The van der Waals surface area contributed by atoms with Gasteiger partial charge >= 0.3 is 34.2 Å². The maximum Gasteiger partial charge on any atom is 0.320 e. The zero-order valence-corrected chi connectivity index (χ0v) is 19.7. The molecule has 0 aromatic heterocycles. The highest BCUT2D eigenvalue weighted by Gasteiger charge is 2.45. The molecule has 0 spiro atoms. The fourth-order valence-electron chi connectivity index (χ4n) is 2.56. The summed E-state index contributed by atoms with van der Waals surface area (Å²) in [6, 6.07) is 0.759. The number of rotatable bonds is 12. The molecule has 0 fully saturated rings. The van der Waals surface area contributed by atoms with Crippen molar-refractivity contribution < 1.29 is 21.9 Å². The largest absolute Gasteiger partial charge is 0.416 e. The van der Waals surface area contributed by atoms with Gasteiger partial charge in [0.2, 0.25) is 0 Å². The van der Waals surface area contributed by atoms with Crippen molar-refractivity contribution in [2.45, 2.75) is 88.0 Å². The Hall–Kier alpha value is 0.588. The van der Waals surface area contributed by atoms with Crippen LogP contribution < -0.4 is 11.1 Å². The van der Waals surface area contributed by atoms with Crippen molar-refractivity contribution in [2.75, 3.05) is 19.6 Å². The van der Waals surface area contributed by atoms with E-state index in [2.05, 4.69) is 5.32 Å². The SMILES string of the molecule is C.C.C.C.C[Si](C)(O)O[Si](C)(C)O[Si](C)(CCCNCCN)O[Si](C)(C)O. The lowest BCUT2D eigenvalue weighted by molar-refractivity contribution is 0.272. The average Bonchev–Trinajstić information content (AvgIpc) is 2.20. The van der Waals surface area contributed by atoms with Crippen LogP contribution in [-0.2, 0) is 12.3 Å². The molecule has 0 saturated carbocycles. The minimum absolute atomic E-state index is 0. The van der Waals surface area contributed by atoms with Crippen molar-refractivity contribution in [3.63, 3.8) is 0 Å². The highest BCUT2D eigenvalue weighted by atomic mass is 28.5. The van der Waals surface area contributed by atoms with Crippen molar-refractivity contribution in [3.8, 4) is 0 Å². The van der Waals surface area contributed by atoms with Crippen LogP contribution in [0.15, 0.2) is 0 Å². The van der Waals surface area contributed by atoms with E-state index >= 15 is 0 Å². The first-order valence-electron chi connectivity index (χ1n) is 8.14. The minimum Gasteiger partial charge on any atom is -0.416 e. The van der Waals surface area contributed by atoms with Crippen LogP contribution >= 0.6 is 0 Å². The first-order chi connectivity index (χ1) is 10.2.